The first-order valence-electron chi connectivity index (χ1n) is 6.41. The Morgan fingerprint density at radius 3 is 2.65 bits per heavy atom. The van der Waals surface area contributed by atoms with E-state index in [1.807, 2.05) is 6.92 Å². The molecule has 0 aliphatic heterocycles. The first-order valence-corrected chi connectivity index (χ1v) is 6.78. The largest absolute Gasteiger partial charge is 0.477 e. The zero-order valence-electron chi connectivity index (χ0n) is 10.1. The Labute approximate surface area is 107 Å². The second kappa shape index (κ2) is 4.45. The predicted molar refractivity (Wildman–Crippen MR) is 66.6 cm³/mol. The van der Waals surface area contributed by atoms with Crippen LogP contribution in [0.1, 0.15) is 49.4 Å². The standard InChI is InChI=1S/C13H17ClN2O/c1-8-11(14)15-12(10-4-5-10)16-13(8)17-7-6-9-2-3-9/h9-10H,2-7H2,1H3. The monoisotopic (exact) mass is 252 g/mol. The topological polar surface area (TPSA) is 35.0 Å². The highest BCUT2D eigenvalue weighted by atomic mass is 35.5. The van der Waals surface area contributed by atoms with Gasteiger partial charge in [0.1, 0.15) is 11.0 Å². The van der Waals surface area contributed by atoms with Crippen LogP contribution in [0.3, 0.4) is 0 Å². The molecule has 1 aromatic heterocycles. The molecule has 2 saturated carbocycles. The summed E-state index contributed by atoms with van der Waals surface area (Å²) in [7, 11) is 0. The van der Waals surface area contributed by atoms with Crippen LogP contribution in [0.2, 0.25) is 5.15 Å². The summed E-state index contributed by atoms with van der Waals surface area (Å²) >= 11 is 6.11. The highest BCUT2D eigenvalue weighted by molar-refractivity contribution is 6.30. The van der Waals surface area contributed by atoms with E-state index in [2.05, 4.69) is 9.97 Å². The Morgan fingerprint density at radius 1 is 1.24 bits per heavy atom. The van der Waals surface area contributed by atoms with Gasteiger partial charge >= 0.3 is 0 Å². The molecule has 4 heteroatoms. The molecule has 2 aliphatic rings. The lowest BCUT2D eigenvalue weighted by molar-refractivity contribution is 0.287. The number of ether oxygens (including phenoxy) is 1. The maximum absolute atomic E-state index is 6.11. The van der Waals surface area contributed by atoms with E-state index in [9.17, 15) is 0 Å². The molecule has 1 aromatic rings. The molecular weight excluding hydrogens is 236 g/mol. The van der Waals surface area contributed by atoms with E-state index in [0.29, 0.717) is 17.0 Å². The van der Waals surface area contributed by atoms with Gasteiger partial charge in [0.25, 0.3) is 0 Å². The summed E-state index contributed by atoms with van der Waals surface area (Å²) in [4.78, 5) is 8.82. The molecule has 0 bridgehead atoms. The van der Waals surface area contributed by atoms with Crippen LogP contribution in [0, 0.1) is 12.8 Å². The maximum atomic E-state index is 6.11. The minimum atomic E-state index is 0.513. The molecule has 0 N–H and O–H groups in total. The number of nitrogens with zero attached hydrogens (tertiary/aromatic N) is 2. The normalized spacial score (nSPS) is 19.4. The van der Waals surface area contributed by atoms with Crippen LogP contribution in [-0.4, -0.2) is 16.6 Å². The molecule has 2 fully saturated rings. The van der Waals surface area contributed by atoms with Gasteiger partial charge in [-0.2, -0.15) is 4.98 Å². The minimum Gasteiger partial charge on any atom is -0.477 e. The van der Waals surface area contributed by atoms with Crippen molar-refractivity contribution in [1.82, 2.24) is 9.97 Å². The van der Waals surface area contributed by atoms with E-state index in [0.717, 1.165) is 30.3 Å². The maximum Gasteiger partial charge on any atom is 0.221 e. The Bertz CT molecular complexity index is 428. The number of rotatable bonds is 5. The van der Waals surface area contributed by atoms with Gasteiger partial charge in [-0.05, 0) is 32.1 Å². The smallest absolute Gasteiger partial charge is 0.221 e. The molecule has 1 heterocycles. The van der Waals surface area contributed by atoms with Crippen LogP contribution < -0.4 is 4.74 Å². The van der Waals surface area contributed by atoms with Crippen molar-refractivity contribution in [1.29, 1.82) is 0 Å². The van der Waals surface area contributed by atoms with Crippen LogP contribution in [0.5, 0.6) is 5.88 Å². The van der Waals surface area contributed by atoms with Gasteiger partial charge in [-0.15, -0.1) is 0 Å². The lowest BCUT2D eigenvalue weighted by Gasteiger charge is -2.10. The van der Waals surface area contributed by atoms with Crippen molar-refractivity contribution >= 4 is 11.6 Å². The first-order chi connectivity index (χ1) is 8.24. The summed E-state index contributed by atoms with van der Waals surface area (Å²) in [6.45, 7) is 2.68. The molecule has 3 rings (SSSR count). The summed E-state index contributed by atoms with van der Waals surface area (Å²) in [6, 6.07) is 0. The quantitative estimate of drug-likeness (QED) is 0.753. The molecule has 0 spiro atoms. The van der Waals surface area contributed by atoms with Gasteiger partial charge in [-0.25, -0.2) is 4.98 Å². The third-order valence-electron chi connectivity index (χ3n) is 3.46. The molecule has 0 amide bonds. The zero-order valence-corrected chi connectivity index (χ0v) is 10.8. The van der Waals surface area contributed by atoms with Gasteiger partial charge in [-0.3, -0.25) is 0 Å². The van der Waals surface area contributed by atoms with Crippen molar-refractivity contribution in [2.75, 3.05) is 6.61 Å². The van der Waals surface area contributed by atoms with E-state index in [1.54, 1.807) is 0 Å². The fraction of sp³-hybridized carbons (Fsp3) is 0.692. The van der Waals surface area contributed by atoms with Gasteiger partial charge in [-0.1, -0.05) is 24.4 Å². The van der Waals surface area contributed by atoms with Crippen molar-refractivity contribution in [3.05, 3.63) is 16.5 Å². The lowest BCUT2D eigenvalue weighted by atomic mass is 10.3. The average Bonchev–Trinajstić information content (AvgIpc) is 3.16. The van der Waals surface area contributed by atoms with Crippen molar-refractivity contribution < 1.29 is 4.74 Å². The molecule has 92 valence electrons. The van der Waals surface area contributed by atoms with Crippen LogP contribution in [0.25, 0.3) is 0 Å². The summed E-state index contributed by atoms with van der Waals surface area (Å²) < 4.78 is 5.75. The molecule has 17 heavy (non-hydrogen) atoms. The van der Waals surface area contributed by atoms with Gasteiger partial charge in [0.15, 0.2) is 0 Å². The Balaban J connectivity index is 1.70. The summed E-state index contributed by atoms with van der Waals surface area (Å²) in [5.74, 6) is 2.95. The molecule has 0 aromatic carbocycles. The third-order valence-corrected chi connectivity index (χ3v) is 3.83. The highest BCUT2D eigenvalue weighted by Gasteiger charge is 2.28. The summed E-state index contributed by atoms with van der Waals surface area (Å²) in [5.41, 5.74) is 0.867. The number of halogens is 1. The number of aromatic nitrogens is 2. The van der Waals surface area contributed by atoms with E-state index >= 15 is 0 Å². The minimum absolute atomic E-state index is 0.513. The van der Waals surface area contributed by atoms with Crippen molar-refractivity contribution in [3.8, 4) is 5.88 Å². The lowest BCUT2D eigenvalue weighted by Crippen LogP contribution is -2.05. The Kier molecular flexibility index (Phi) is 2.95. The number of hydrogen-bond donors (Lipinski definition) is 0. The number of hydrogen-bond acceptors (Lipinski definition) is 3. The molecule has 0 unspecified atom stereocenters. The van der Waals surface area contributed by atoms with Crippen LogP contribution >= 0.6 is 11.6 Å². The van der Waals surface area contributed by atoms with Crippen LogP contribution in [0.4, 0.5) is 0 Å². The van der Waals surface area contributed by atoms with Gasteiger partial charge in [0.05, 0.1) is 6.61 Å². The average molecular weight is 253 g/mol. The second-order valence-corrected chi connectivity index (χ2v) is 5.52. The predicted octanol–water partition coefficient (Wildman–Crippen LogP) is 3.49. The van der Waals surface area contributed by atoms with E-state index in [1.165, 1.54) is 25.7 Å². The molecular formula is C13H17ClN2O. The zero-order chi connectivity index (χ0) is 11.8. The van der Waals surface area contributed by atoms with E-state index < -0.39 is 0 Å². The Morgan fingerprint density at radius 2 is 2.00 bits per heavy atom. The fourth-order valence-corrected chi connectivity index (χ4v) is 2.05. The van der Waals surface area contributed by atoms with Crippen molar-refractivity contribution in [2.45, 2.75) is 44.9 Å². The molecule has 2 aliphatic carbocycles. The van der Waals surface area contributed by atoms with Crippen LogP contribution in [-0.2, 0) is 0 Å². The van der Waals surface area contributed by atoms with Gasteiger partial charge in [0, 0.05) is 11.5 Å². The first kappa shape index (κ1) is 11.3. The second-order valence-electron chi connectivity index (χ2n) is 5.16. The summed E-state index contributed by atoms with van der Waals surface area (Å²) in [5, 5.41) is 0.545. The molecule has 0 radical (unpaired) electrons. The van der Waals surface area contributed by atoms with Crippen molar-refractivity contribution in [2.24, 2.45) is 5.92 Å². The van der Waals surface area contributed by atoms with Gasteiger partial charge < -0.3 is 4.74 Å². The molecule has 3 nitrogen and oxygen atoms in total. The van der Waals surface area contributed by atoms with Crippen molar-refractivity contribution in [3.63, 3.8) is 0 Å². The molecule has 0 atom stereocenters. The third kappa shape index (κ3) is 2.71. The van der Waals surface area contributed by atoms with E-state index in [-0.39, 0.29) is 0 Å². The molecule has 0 saturated heterocycles. The van der Waals surface area contributed by atoms with Gasteiger partial charge in [0.2, 0.25) is 5.88 Å². The SMILES string of the molecule is Cc1c(Cl)nc(C2CC2)nc1OCCC1CC1. The fourth-order valence-electron chi connectivity index (χ4n) is 1.88. The van der Waals surface area contributed by atoms with Crippen LogP contribution in [0.15, 0.2) is 0 Å². The Hall–Kier alpha value is -0.830. The summed E-state index contributed by atoms with van der Waals surface area (Å²) in [6.07, 6.45) is 6.22. The highest BCUT2D eigenvalue weighted by Crippen LogP contribution is 2.40. The van der Waals surface area contributed by atoms with E-state index in [4.69, 9.17) is 16.3 Å².